The highest BCUT2D eigenvalue weighted by atomic mass is 16.5. The van der Waals surface area contributed by atoms with Gasteiger partial charge in [-0.25, -0.2) is 9.97 Å². The van der Waals surface area contributed by atoms with Crippen LogP contribution in [0.2, 0.25) is 0 Å². The summed E-state index contributed by atoms with van der Waals surface area (Å²) < 4.78 is 5.38. The number of aliphatic carboxylic acids is 1. The molecule has 1 aliphatic heterocycles. The van der Waals surface area contributed by atoms with Crippen molar-refractivity contribution in [3.8, 4) is 5.88 Å². The van der Waals surface area contributed by atoms with Crippen LogP contribution in [-0.4, -0.2) is 40.7 Å². The van der Waals surface area contributed by atoms with E-state index in [0.29, 0.717) is 38.4 Å². The van der Waals surface area contributed by atoms with Crippen LogP contribution in [0, 0.1) is 5.41 Å². The molecule has 1 saturated heterocycles. The number of nitrogens with zero attached hydrogens (tertiary/aromatic N) is 3. The summed E-state index contributed by atoms with van der Waals surface area (Å²) in [5.74, 6) is 0.705. The van der Waals surface area contributed by atoms with Crippen molar-refractivity contribution in [1.29, 1.82) is 0 Å². The molecule has 116 valence electrons. The molecule has 2 heterocycles. The Morgan fingerprint density at radius 2 is 2.10 bits per heavy atom. The third-order valence-corrected chi connectivity index (χ3v) is 4.15. The second kappa shape index (κ2) is 6.74. The normalized spacial score (nSPS) is 17.5. The first kappa shape index (κ1) is 15.5. The molecule has 0 aliphatic carbocycles. The molecule has 0 unspecified atom stereocenters. The van der Waals surface area contributed by atoms with Gasteiger partial charge in [0.15, 0.2) is 0 Å². The molecule has 1 aromatic rings. The van der Waals surface area contributed by atoms with E-state index in [0.717, 1.165) is 18.7 Å². The van der Waals surface area contributed by atoms with Gasteiger partial charge in [-0.1, -0.05) is 13.3 Å². The predicted octanol–water partition coefficient (Wildman–Crippen LogP) is 2.35. The summed E-state index contributed by atoms with van der Waals surface area (Å²) in [4.78, 5) is 22.0. The van der Waals surface area contributed by atoms with Crippen LogP contribution in [-0.2, 0) is 4.79 Å². The second-order valence-electron chi connectivity index (χ2n) is 5.47. The Labute approximate surface area is 125 Å². The van der Waals surface area contributed by atoms with Crippen LogP contribution in [0.5, 0.6) is 5.88 Å². The maximum atomic E-state index is 11.6. The largest absolute Gasteiger partial charge is 0.481 e. The monoisotopic (exact) mass is 293 g/mol. The van der Waals surface area contributed by atoms with Gasteiger partial charge >= 0.3 is 5.97 Å². The highest BCUT2D eigenvalue weighted by Gasteiger charge is 2.40. The minimum atomic E-state index is -0.665. The molecule has 0 radical (unpaired) electrons. The van der Waals surface area contributed by atoms with Crippen molar-refractivity contribution in [3.05, 3.63) is 12.4 Å². The van der Waals surface area contributed by atoms with Crippen molar-refractivity contribution in [2.24, 2.45) is 5.41 Å². The van der Waals surface area contributed by atoms with Crippen LogP contribution in [0.15, 0.2) is 12.4 Å². The number of carboxylic acids is 1. The fraction of sp³-hybridized carbons (Fsp3) is 0.667. The van der Waals surface area contributed by atoms with Gasteiger partial charge in [-0.2, -0.15) is 0 Å². The molecule has 0 saturated carbocycles. The number of carbonyl (C=O) groups is 1. The van der Waals surface area contributed by atoms with E-state index in [2.05, 4.69) is 14.9 Å². The van der Waals surface area contributed by atoms with E-state index in [1.165, 1.54) is 6.33 Å². The van der Waals surface area contributed by atoms with E-state index in [4.69, 9.17) is 4.74 Å². The standard InChI is InChI=1S/C15H23N3O3/c1-3-5-15(14(19)20)6-8-18(9-7-15)12-10-13(21-4-2)17-11-16-12/h10-11H,3-9H2,1-2H3,(H,19,20). The number of anilines is 1. The number of carboxylic acid groups (broad SMARTS) is 1. The topological polar surface area (TPSA) is 75.5 Å². The van der Waals surface area contributed by atoms with Crippen molar-refractivity contribution < 1.29 is 14.6 Å². The van der Waals surface area contributed by atoms with E-state index < -0.39 is 11.4 Å². The number of hydrogen-bond donors (Lipinski definition) is 1. The minimum absolute atomic E-state index is 0.561. The van der Waals surface area contributed by atoms with Crippen molar-refractivity contribution in [3.63, 3.8) is 0 Å². The third kappa shape index (κ3) is 3.43. The average Bonchev–Trinajstić information content (AvgIpc) is 2.49. The molecule has 2 rings (SSSR count). The Kier molecular flexibility index (Phi) is 4.98. The highest BCUT2D eigenvalue weighted by molar-refractivity contribution is 5.75. The fourth-order valence-electron chi connectivity index (χ4n) is 2.94. The zero-order chi connectivity index (χ0) is 15.3. The molecule has 0 aromatic carbocycles. The van der Waals surface area contributed by atoms with Gasteiger partial charge in [0.05, 0.1) is 12.0 Å². The van der Waals surface area contributed by atoms with Gasteiger partial charge in [0.1, 0.15) is 12.1 Å². The first-order valence-electron chi connectivity index (χ1n) is 7.54. The highest BCUT2D eigenvalue weighted by Crippen LogP contribution is 2.37. The van der Waals surface area contributed by atoms with Crippen molar-refractivity contribution in [1.82, 2.24) is 9.97 Å². The second-order valence-corrected chi connectivity index (χ2v) is 5.47. The molecule has 21 heavy (non-hydrogen) atoms. The summed E-state index contributed by atoms with van der Waals surface area (Å²) in [6.45, 7) is 5.92. The lowest BCUT2D eigenvalue weighted by Gasteiger charge is -2.39. The van der Waals surface area contributed by atoms with E-state index >= 15 is 0 Å². The first-order valence-corrected chi connectivity index (χ1v) is 7.54. The maximum Gasteiger partial charge on any atom is 0.309 e. The van der Waals surface area contributed by atoms with E-state index in [9.17, 15) is 9.90 Å². The van der Waals surface area contributed by atoms with Gasteiger partial charge in [-0.05, 0) is 26.2 Å². The van der Waals surface area contributed by atoms with Gasteiger partial charge in [0.25, 0.3) is 0 Å². The van der Waals surface area contributed by atoms with Gasteiger partial charge in [-0.3, -0.25) is 4.79 Å². The van der Waals surface area contributed by atoms with E-state index in [1.54, 1.807) is 0 Å². The summed E-state index contributed by atoms with van der Waals surface area (Å²) in [7, 11) is 0. The molecular formula is C15H23N3O3. The molecule has 0 spiro atoms. The maximum absolute atomic E-state index is 11.6. The molecule has 1 N–H and O–H groups in total. The molecular weight excluding hydrogens is 270 g/mol. The molecule has 1 aromatic heterocycles. The van der Waals surface area contributed by atoms with Gasteiger partial charge in [0.2, 0.25) is 5.88 Å². The van der Waals surface area contributed by atoms with Crippen LogP contribution in [0.25, 0.3) is 0 Å². The lowest BCUT2D eigenvalue weighted by atomic mass is 9.75. The van der Waals surface area contributed by atoms with Crippen molar-refractivity contribution in [2.45, 2.75) is 39.5 Å². The number of hydrogen-bond acceptors (Lipinski definition) is 5. The Balaban J connectivity index is 2.06. The summed E-state index contributed by atoms with van der Waals surface area (Å²) in [6.07, 6.45) is 4.44. The molecule has 6 nitrogen and oxygen atoms in total. The lowest BCUT2D eigenvalue weighted by molar-refractivity contribution is -0.150. The van der Waals surface area contributed by atoms with E-state index in [1.807, 2.05) is 19.9 Å². The van der Waals surface area contributed by atoms with Crippen LogP contribution in [0.1, 0.15) is 39.5 Å². The Morgan fingerprint density at radius 1 is 1.38 bits per heavy atom. The summed E-state index contributed by atoms with van der Waals surface area (Å²) in [6, 6.07) is 1.82. The number of piperidine rings is 1. The number of ether oxygens (including phenoxy) is 1. The van der Waals surface area contributed by atoms with Crippen LogP contribution >= 0.6 is 0 Å². The quantitative estimate of drug-likeness (QED) is 0.867. The molecule has 1 aliphatic rings. The molecule has 0 atom stereocenters. The summed E-state index contributed by atoms with van der Waals surface area (Å²) in [5.41, 5.74) is -0.568. The van der Waals surface area contributed by atoms with Crippen molar-refractivity contribution in [2.75, 3.05) is 24.6 Å². The fourth-order valence-corrected chi connectivity index (χ4v) is 2.94. The van der Waals surface area contributed by atoms with Gasteiger partial charge < -0.3 is 14.7 Å². The van der Waals surface area contributed by atoms with Crippen LogP contribution in [0.3, 0.4) is 0 Å². The SMILES string of the molecule is CCCC1(C(=O)O)CCN(c2cc(OCC)ncn2)CC1. The lowest BCUT2D eigenvalue weighted by Crippen LogP contribution is -2.44. The zero-order valence-electron chi connectivity index (χ0n) is 12.7. The van der Waals surface area contributed by atoms with Gasteiger partial charge in [0, 0.05) is 19.2 Å². The summed E-state index contributed by atoms with van der Waals surface area (Å²) >= 11 is 0. The van der Waals surface area contributed by atoms with Crippen molar-refractivity contribution >= 4 is 11.8 Å². The predicted molar refractivity (Wildman–Crippen MR) is 79.6 cm³/mol. The van der Waals surface area contributed by atoms with Gasteiger partial charge in [-0.15, -0.1) is 0 Å². The number of rotatable bonds is 6. The third-order valence-electron chi connectivity index (χ3n) is 4.15. The smallest absolute Gasteiger partial charge is 0.309 e. The molecule has 1 fully saturated rings. The Bertz CT molecular complexity index is 485. The minimum Gasteiger partial charge on any atom is -0.481 e. The summed E-state index contributed by atoms with van der Waals surface area (Å²) in [5, 5.41) is 9.53. The molecule has 0 bridgehead atoms. The Morgan fingerprint density at radius 3 is 2.67 bits per heavy atom. The number of aromatic nitrogens is 2. The van der Waals surface area contributed by atoms with Crippen LogP contribution in [0.4, 0.5) is 5.82 Å². The van der Waals surface area contributed by atoms with E-state index in [-0.39, 0.29) is 0 Å². The first-order chi connectivity index (χ1) is 10.1. The average molecular weight is 293 g/mol. The molecule has 6 heteroatoms. The van der Waals surface area contributed by atoms with Crippen LogP contribution < -0.4 is 9.64 Å². The molecule has 0 amide bonds. The zero-order valence-corrected chi connectivity index (χ0v) is 12.7. The Hall–Kier alpha value is -1.85.